The molecule has 2 N–H and O–H groups in total. The van der Waals surface area contributed by atoms with Crippen LogP contribution in [0, 0.1) is 0 Å². The summed E-state index contributed by atoms with van der Waals surface area (Å²) in [7, 11) is 0. The average molecular weight is 239 g/mol. The fourth-order valence-electron chi connectivity index (χ4n) is 1.04. The lowest BCUT2D eigenvalue weighted by molar-refractivity contribution is 0.581. The predicted molar refractivity (Wildman–Crippen MR) is 54.1 cm³/mol. The van der Waals surface area contributed by atoms with Crippen LogP contribution in [0.25, 0.3) is 11.3 Å². The first kappa shape index (κ1) is 8.31. The third kappa shape index (κ3) is 1.72. The first-order valence-electron chi connectivity index (χ1n) is 3.72. The highest BCUT2D eigenvalue weighted by molar-refractivity contribution is 9.10. The second-order valence-corrected chi connectivity index (χ2v) is 3.49. The smallest absolute Gasteiger partial charge is 0.292 e. The van der Waals surface area contributed by atoms with Gasteiger partial charge in [0.2, 0.25) is 0 Å². The number of halogens is 1. The molecule has 0 fully saturated rings. The van der Waals surface area contributed by atoms with Crippen LogP contribution in [0.2, 0.25) is 0 Å². The number of aromatic nitrogens is 1. The summed E-state index contributed by atoms with van der Waals surface area (Å²) in [5, 5.41) is 0. The van der Waals surface area contributed by atoms with Crippen molar-refractivity contribution in [3.05, 3.63) is 35.0 Å². The average Bonchev–Trinajstić information content (AvgIpc) is 2.53. The zero-order valence-electron chi connectivity index (χ0n) is 6.70. The maximum Gasteiger partial charge on any atom is 0.292 e. The molecule has 0 aliphatic rings. The van der Waals surface area contributed by atoms with Gasteiger partial charge in [-0.15, -0.1) is 0 Å². The van der Waals surface area contributed by atoms with E-state index in [4.69, 9.17) is 10.2 Å². The van der Waals surface area contributed by atoms with Crippen molar-refractivity contribution in [2.24, 2.45) is 0 Å². The first-order valence-corrected chi connectivity index (χ1v) is 4.52. The number of benzene rings is 1. The maximum absolute atomic E-state index is 5.36. The molecule has 0 unspecified atom stereocenters. The lowest BCUT2D eigenvalue weighted by Crippen LogP contribution is -1.83. The van der Waals surface area contributed by atoms with Gasteiger partial charge in [0, 0.05) is 10.0 Å². The zero-order chi connectivity index (χ0) is 9.26. The zero-order valence-corrected chi connectivity index (χ0v) is 8.28. The van der Waals surface area contributed by atoms with E-state index in [2.05, 4.69) is 20.9 Å². The van der Waals surface area contributed by atoms with E-state index in [1.165, 1.54) is 0 Å². The Kier molecular flexibility index (Phi) is 2.06. The molecule has 4 heteroatoms. The third-order valence-corrected chi connectivity index (χ3v) is 2.19. The van der Waals surface area contributed by atoms with Crippen molar-refractivity contribution in [2.45, 2.75) is 0 Å². The van der Waals surface area contributed by atoms with Gasteiger partial charge in [-0.05, 0) is 12.1 Å². The highest BCUT2D eigenvalue weighted by atomic mass is 79.9. The monoisotopic (exact) mass is 238 g/mol. The van der Waals surface area contributed by atoms with E-state index in [-0.39, 0.29) is 6.01 Å². The minimum atomic E-state index is 0.193. The Labute approximate surface area is 83.7 Å². The first-order chi connectivity index (χ1) is 6.25. The SMILES string of the molecule is Nc1nc(-c2ccc(Br)cc2)co1. The van der Waals surface area contributed by atoms with E-state index in [1.54, 1.807) is 6.26 Å². The Balaban J connectivity index is 2.41. The van der Waals surface area contributed by atoms with E-state index in [0.29, 0.717) is 0 Å². The molecule has 0 saturated carbocycles. The molecule has 13 heavy (non-hydrogen) atoms. The van der Waals surface area contributed by atoms with Crippen LogP contribution in [0.1, 0.15) is 0 Å². The molecule has 0 saturated heterocycles. The summed E-state index contributed by atoms with van der Waals surface area (Å²) in [5.41, 5.74) is 7.10. The van der Waals surface area contributed by atoms with Crippen molar-refractivity contribution >= 4 is 21.9 Å². The molecule has 0 spiro atoms. The Morgan fingerprint density at radius 1 is 1.23 bits per heavy atom. The normalized spacial score (nSPS) is 10.2. The van der Waals surface area contributed by atoms with Crippen molar-refractivity contribution < 1.29 is 4.42 Å². The molecule has 1 aromatic heterocycles. The molecule has 1 aromatic carbocycles. The summed E-state index contributed by atoms with van der Waals surface area (Å²) >= 11 is 3.35. The van der Waals surface area contributed by atoms with Gasteiger partial charge in [-0.2, -0.15) is 4.98 Å². The molecular formula is C9H7BrN2O. The van der Waals surface area contributed by atoms with Gasteiger partial charge in [0.25, 0.3) is 6.01 Å². The topological polar surface area (TPSA) is 52.0 Å². The summed E-state index contributed by atoms with van der Waals surface area (Å²) in [4.78, 5) is 4.01. The summed E-state index contributed by atoms with van der Waals surface area (Å²) in [6, 6.07) is 7.97. The molecule has 2 aromatic rings. The molecule has 0 bridgehead atoms. The van der Waals surface area contributed by atoms with Crippen LogP contribution in [0.15, 0.2) is 39.4 Å². The largest absolute Gasteiger partial charge is 0.432 e. The summed E-state index contributed by atoms with van der Waals surface area (Å²) in [6.07, 6.45) is 1.54. The van der Waals surface area contributed by atoms with Crippen molar-refractivity contribution in [3.8, 4) is 11.3 Å². The maximum atomic E-state index is 5.36. The molecule has 0 amide bonds. The number of nitrogens with two attached hydrogens (primary N) is 1. The van der Waals surface area contributed by atoms with E-state index in [9.17, 15) is 0 Å². The predicted octanol–water partition coefficient (Wildman–Crippen LogP) is 2.69. The highest BCUT2D eigenvalue weighted by Gasteiger charge is 2.02. The molecular weight excluding hydrogens is 232 g/mol. The molecule has 2 rings (SSSR count). The standard InChI is InChI=1S/C9H7BrN2O/c10-7-3-1-6(2-4-7)8-5-13-9(11)12-8/h1-5H,(H2,11,12). The van der Waals surface area contributed by atoms with E-state index < -0.39 is 0 Å². The lowest BCUT2D eigenvalue weighted by Gasteiger charge is -1.94. The van der Waals surface area contributed by atoms with Crippen LogP contribution in [-0.4, -0.2) is 4.98 Å². The van der Waals surface area contributed by atoms with Crippen LogP contribution in [-0.2, 0) is 0 Å². The number of hydrogen-bond donors (Lipinski definition) is 1. The van der Waals surface area contributed by atoms with E-state index >= 15 is 0 Å². The molecule has 3 nitrogen and oxygen atoms in total. The Bertz CT molecular complexity index is 408. The van der Waals surface area contributed by atoms with Crippen molar-refractivity contribution in [3.63, 3.8) is 0 Å². The quantitative estimate of drug-likeness (QED) is 0.832. The molecule has 0 radical (unpaired) electrons. The number of nitrogen functional groups attached to an aromatic ring is 1. The minimum absolute atomic E-state index is 0.193. The van der Waals surface area contributed by atoms with Crippen LogP contribution in [0.3, 0.4) is 0 Å². The lowest BCUT2D eigenvalue weighted by atomic mass is 10.2. The Hall–Kier alpha value is -1.29. The van der Waals surface area contributed by atoms with Gasteiger partial charge in [0.05, 0.1) is 0 Å². The van der Waals surface area contributed by atoms with Gasteiger partial charge in [-0.3, -0.25) is 0 Å². The summed E-state index contributed by atoms with van der Waals surface area (Å²) < 4.78 is 5.94. The molecule has 66 valence electrons. The van der Waals surface area contributed by atoms with Crippen molar-refractivity contribution in [2.75, 3.05) is 5.73 Å². The van der Waals surface area contributed by atoms with Gasteiger partial charge in [0.1, 0.15) is 12.0 Å². The van der Waals surface area contributed by atoms with Gasteiger partial charge < -0.3 is 10.2 Å². The van der Waals surface area contributed by atoms with Crippen LogP contribution in [0.4, 0.5) is 6.01 Å². The minimum Gasteiger partial charge on any atom is -0.432 e. The molecule has 0 aliphatic carbocycles. The van der Waals surface area contributed by atoms with Gasteiger partial charge >= 0.3 is 0 Å². The van der Waals surface area contributed by atoms with Crippen LogP contribution < -0.4 is 5.73 Å². The number of nitrogens with zero attached hydrogens (tertiary/aromatic N) is 1. The van der Waals surface area contributed by atoms with Gasteiger partial charge in [0.15, 0.2) is 0 Å². The number of oxazole rings is 1. The summed E-state index contributed by atoms with van der Waals surface area (Å²) in [6.45, 7) is 0. The second kappa shape index (κ2) is 3.22. The Morgan fingerprint density at radius 3 is 2.46 bits per heavy atom. The van der Waals surface area contributed by atoms with Crippen molar-refractivity contribution in [1.82, 2.24) is 4.98 Å². The van der Waals surface area contributed by atoms with Gasteiger partial charge in [-0.1, -0.05) is 28.1 Å². The molecule has 0 aliphatic heterocycles. The highest BCUT2D eigenvalue weighted by Crippen LogP contribution is 2.21. The molecule has 0 atom stereocenters. The third-order valence-electron chi connectivity index (χ3n) is 1.66. The van der Waals surface area contributed by atoms with E-state index in [0.717, 1.165) is 15.7 Å². The Morgan fingerprint density at radius 2 is 1.92 bits per heavy atom. The van der Waals surface area contributed by atoms with E-state index in [1.807, 2.05) is 24.3 Å². The fourth-order valence-corrected chi connectivity index (χ4v) is 1.31. The number of anilines is 1. The van der Waals surface area contributed by atoms with Crippen LogP contribution >= 0.6 is 15.9 Å². The van der Waals surface area contributed by atoms with Crippen molar-refractivity contribution in [1.29, 1.82) is 0 Å². The number of hydrogen-bond acceptors (Lipinski definition) is 3. The number of rotatable bonds is 1. The second-order valence-electron chi connectivity index (χ2n) is 2.58. The molecule has 1 heterocycles. The van der Waals surface area contributed by atoms with Crippen LogP contribution in [0.5, 0.6) is 0 Å². The van der Waals surface area contributed by atoms with Gasteiger partial charge in [-0.25, -0.2) is 0 Å². The summed E-state index contributed by atoms with van der Waals surface area (Å²) in [5.74, 6) is 0. The fraction of sp³-hybridized carbons (Fsp3) is 0.